The van der Waals surface area contributed by atoms with Crippen LogP contribution in [0.4, 0.5) is 0 Å². The molecule has 0 saturated carbocycles. The molecular weight excluding hydrogens is 146 g/mol. The van der Waals surface area contributed by atoms with Gasteiger partial charge in [-0.05, 0) is 26.4 Å². The van der Waals surface area contributed by atoms with Crippen molar-refractivity contribution in [2.24, 2.45) is 0 Å². The van der Waals surface area contributed by atoms with Gasteiger partial charge in [-0.15, -0.1) is 0 Å². The molecule has 0 atom stereocenters. The smallest absolute Gasteiger partial charge is 0.00143 e. The average molecular weight is 165 g/mol. The number of nitrogens with one attached hydrogen (secondary N) is 1. The van der Waals surface area contributed by atoms with Crippen LogP contribution in [0.3, 0.4) is 0 Å². The first-order chi connectivity index (χ1) is 5.81. The van der Waals surface area contributed by atoms with E-state index in [1.54, 1.807) is 0 Å². The van der Waals surface area contributed by atoms with Crippen molar-refractivity contribution in [2.45, 2.75) is 20.3 Å². The molecule has 0 fully saturated rings. The molecule has 1 nitrogen and oxygen atoms in total. The van der Waals surface area contributed by atoms with Gasteiger partial charge < -0.3 is 5.32 Å². The molecule has 0 aliphatic heterocycles. The van der Waals surface area contributed by atoms with Crippen molar-refractivity contribution in [1.29, 1.82) is 0 Å². The molecule has 68 valence electrons. The van der Waals surface area contributed by atoms with Gasteiger partial charge in [0.2, 0.25) is 0 Å². The summed E-state index contributed by atoms with van der Waals surface area (Å²) in [5.41, 5.74) is 1.20. The lowest BCUT2D eigenvalue weighted by atomic mass is 10.2. The van der Waals surface area contributed by atoms with Crippen molar-refractivity contribution in [3.63, 3.8) is 0 Å². The van der Waals surface area contributed by atoms with Gasteiger partial charge in [-0.25, -0.2) is 0 Å². The Morgan fingerprint density at radius 3 is 2.83 bits per heavy atom. The zero-order chi connectivity index (χ0) is 9.23. The second-order valence-corrected chi connectivity index (χ2v) is 2.69. The lowest BCUT2D eigenvalue weighted by molar-refractivity contribution is 0.726. The number of hydrogen-bond donors (Lipinski definition) is 1. The second-order valence-electron chi connectivity index (χ2n) is 2.69. The summed E-state index contributed by atoms with van der Waals surface area (Å²) >= 11 is 0. The molecule has 0 aromatic carbocycles. The Kier molecular flexibility index (Phi) is 7.71. The van der Waals surface area contributed by atoms with Gasteiger partial charge in [-0.3, -0.25) is 0 Å². The predicted octanol–water partition coefficient (Wildman–Crippen LogP) is 2.67. The average Bonchev–Trinajstić information content (AvgIpc) is 2.10. The quantitative estimate of drug-likeness (QED) is 0.471. The highest BCUT2D eigenvalue weighted by molar-refractivity contribution is 5.19. The molecule has 0 aromatic heterocycles. The molecule has 12 heavy (non-hydrogen) atoms. The molecule has 0 radical (unpaired) electrons. The fraction of sp³-hybridized carbons (Fsp3) is 0.455. The number of allylic oxidation sites excluding steroid dienone is 4. The Balaban J connectivity index is 3.43. The molecular formula is C11H19N. The van der Waals surface area contributed by atoms with Crippen LogP contribution in [0.15, 0.2) is 36.5 Å². The van der Waals surface area contributed by atoms with Gasteiger partial charge in [0, 0.05) is 0 Å². The van der Waals surface area contributed by atoms with E-state index in [0.29, 0.717) is 0 Å². The van der Waals surface area contributed by atoms with Crippen LogP contribution < -0.4 is 5.32 Å². The van der Waals surface area contributed by atoms with Crippen molar-refractivity contribution in [2.75, 3.05) is 13.1 Å². The molecule has 0 spiro atoms. The van der Waals surface area contributed by atoms with E-state index in [2.05, 4.69) is 37.0 Å². The van der Waals surface area contributed by atoms with E-state index in [-0.39, 0.29) is 0 Å². The molecule has 0 bridgehead atoms. The third kappa shape index (κ3) is 7.29. The van der Waals surface area contributed by atoms with Crippen LogP contribution in [0.25, 0.3) is 0 Å². The highest BCUT2D eigenvalue weighted by atomic mass is 14.8. The van der Waals surface area contributed by atoms with E-state index in [0.717, 1.165) is 19.5 Å². The lowest BCUT2D eigenvalue weighted by Crippen LogP contribution is -2.12. The molecule has 0 aliphatic rings. The van der Waals surface area contributed by atoms with E-state index in [4.69, 9.17) is 0 Å². The molecule has 0 unspecified atom stereocenters. The summed E-state index contributed by atoms with van der Waals surface area (Å²) in [5.74, 6) is 0. The number of rotatable bonds is 6. The molecule has 0 aliphatic carbocycles. The van der Waals surface area contributed by atoms with Gasteiger partial charge in [0.25, 0.3) is 0 Å². The van der Waals surface area contributed by atoms with Crippen LogP contribution in [0.5, 0.6) is 0 Å². The topological polar surface area (TPSA) is 12.0 Å². The maximum absolute atomic E-state index is 3.67. The molecule has 0 aromatic rings. The normalized spacial score (nSPS) is 12.3. The van der Waals surface area contributed by atoms with Crippen LogP contribution in [-0.4, -0.2) is 13.1 Å². The molecule has 0 rings (SSSR count). The Bertz CT molecular complexity index is 166. The third-order valence-electron chi connectivity index (χ3n) is 1.55. The summed E-state index contributed by atoms with van der Waals surface area (Å²) < 4.78 is 0. The monoisotopic (exact) mass is 165 g/mol. The predicted molar refractivity (Wildman–Crippen MR) is 56.3 cm³/mol. The fourth-order valence-corrected chi connectivity index (χ4v) is 0.746. The van der Waals surface area contributed by atoms with Crippen LogP contribution in [0, 0.1) is 0 Å². The lowest BCUT2D eigenvalue weighted by Gasteiger charge is -1.94. The highest BCUT2D eigenvalue weighted by Gasteiger charge is 1.78. The Morgan fingerprint density at radius 1 is 1.50 bits per heavy atom. The van der Waals surface area contributed by atoms with Crippen LogP contribution >= 0.6 is 0 Å². The molecule has 1 N–H and O–H groups in total. The van der Waals surface area contributed by atoms with Gasteiger partial charge in [0.1, 0.15) is 0 Å². The highest BCUT2D eigenvalue weighted by Crippen LogP contribution is 1.93. The van der Waals surface area contributed by atoms with Crippen LogP contribution in [-0.2, 0) is 0 Å². The molecule has 0 heterocycles. The first-order valence-corrected chi connectivity index (χ1v) is 4.47. The minimum Gasteiger partial charge on any atom is -0.317 e. The van der Waals surface area contributed by atoms with Crippen LogP contribution in [0.2, 0.25) is 0 Å². The Morgan fingerprint density at radius 2 is 2.25 bits per heavy atom. The van der Waals surface area contributed by atoms with Crippen molar-refractivity contribution in [3.8, 4) is 0 Å². The van der Waals surface area contributed by atoms with Crippen molar-refractivity contribution in [3.05, 3.63) is 36.5 Å². The third-order valence-corrected chi connectivity index (χ3v) is 1.55. The van der Waals surface area contributed by atoms with E-state index < -0.39 is 0 Å². The minimum absolute atomic E-state index is 1.05. The first kappa shape index (κ1) is 11.2. The second kappa shape index (κ2) is 8.28. The summed E-state index contributed by atoms with van der Waals surface area (Å²) in [7, 11) is 0. The zero-order valence-corrected chi connectivity index (χ0v) is 8.14. The fourth-order valence-electron chi connectivity index (χ4n) is 0.746. The maximum atomic E-state index is 3.67. The van der Waals surface area contributed by atoms with E-state index in [1.807, 2.05) is 13.0 Å². The van der Waals surface area contributed by atoms with E-state index in [9.17, 15) is 0 Å². The van der Waals surface area contributed by atoms with Gasteiger partial charge in [0.05, 0.1) is 0 Å². The summed E-state index contributed by atoms with van der Waals surface area (Å²) in [6.07, 6.45) is 9.26. The van der Waals surface area contributed by atoms with Crippen molar-refractivity contribution in [1.82, 2.24) is 5.32 Å². The van der Waals surface area contributed by atoms with Gasteiger partial charge in [-0.1, -0.05) is 43.4 Å². The first-order valence-electron chi connectivity index (χ1n) is 4.47. The standard InChI is InChI=1S/C11H19N/c1-4-11(3)9-7-6-8-10-12-5-2/h4,6-7,9,12H,1,5,8,10H2,2-3H3/b7-6-,11-9-. The largest absolute Gasteiger partial charge is 0.317 e. The van der Waals surface area contributed by atoms with Crippen molar-refractivity contribution >= 4 is 0 Å². The van der Waals surface area contributed by atoms with Gasteiger partial charge >= 0.3 is 0 Å². The van der Waals surface area contributed by atoms with Gasteiger partial charge in [-0.2, -0.15) is 0 Å². The zero-order valence-electron chi connectivity index (χ0n) is 8.14. The summed E-state index contributed by atoms with van der Waals surface area (Å²) in [5, 5.41) is 3.26. The summed E-state index contributed by atoms with van der Waals surface area (Å²) in [6.45, 7) is 9.95. The van der Waals surface area contributed by atoms with Gasteiger partial charge in [0.15, 0.2) is 0 Å². The molecule has 1 heteroatoms. The maximum Gasteiger partial charge on any atom is -0.00143 e. The van der Waals surface area contributed by atoms with E-state index in [1.165, 1.54) is 5.57 Å². The summed E-state index contributed by atoms with van der Waals surface area (Å²) in [6, 6.07) is 0. The van der Waals surface area contributed by atoms with Crippen LogP contribution in [0.1, 0.15) is 20.3 Å². The molecule has 0 saturated heterocycles. The van der Waals surface area contributed by atoms with Crippen molar-refractivity contribution < 1.29 is 0 Å². The van der Waals surface area contributed by atoms with E-state index >= 15 is 0 Å². The minimum atomic E-state index is 1.05. The Hall–Kier alpha value is -0.820. The molecule has 0 amide bonds. The number of hydrogen-bond acceptors (Lipinski definition) is 1. The Labute approximate surface area is 75.9 Å². The summed E-state index contributed by atoms with van der Waals surface area (Å²) in [4.78, 5) is 0. The SMILES string of the molecule is C=C/C(C)=C\C=C/CCNCC.